The van der Waals surface area contributed by atoms with Crippen LogP contribution in [0.25, 0.3) is 0 Å². The summed E-state index contributed by atoms with van der Waals surface area (Å²) >= 11 is 0. The Balaban J connectivity index is -0.000000218. The molecular weight excluding hydrogens is 336 g/mol. The number of rotatable bonds is 13. The maximum atomic E-state index is 7.62. The van der Waals surface area contributed by atoms with E-state index in [0.717, 1.165) is 25.0 Å². The average Bonchev–Trinajstić information content (AvgIpc) is 2.68. The Labute approximate surface area is 171 Å². The zero-order valence-electron chi connectivity index (χ0n) is 19.5. The monoisotopic (exact) mass is 388 g/mol. The summed E-state index contributed by atoms with van der Waals surface area (Å²) in [6, 6.07) is 0. The number of aliphatic hydroxyl groups is 2. The van der Waals surface area contributed by atoms with E-state index in [1.54, 1.807) is 12.2 Å². The molecule has 2 unspecified atom stereocenters. The Morgan fingerprint density at radius 1 is 0.741 bits per heavy atom. The quantitative estimate of drug-likeness (QED) is 0.341. The molecule has 3 nitrogen and oxygen atoms in total. The molecule has 0 radical (unpaired) electrons. The summed E-state index contributed by atoms with van der Waals surface area (Å²) in [6.07, 6.45) is 14.1. The third-order valence-electron chi connectivity index (χ3n) is 3.89. The van der Waals surface area contributed by atoms with Crippen molar-refractivity contribution in [2.24, 2.45) is 11.8 Å². The van der Waals surface area contributed by atoms with Crippen LogP contribution in [0.4, 0.5) is 0 Å². The number of unbranched alkanes of at least 4 members (excludes halogenated alkanes) is 2. The second kappa shape index (κ2) is 36.3. The summed E-state index contributed by atoms with van der Waals surface area (Å²) in [6.45, 7) is 21.3. The van der Waals surface area contributed by atoms with E-state index in [9.17, 15) is 0 Å². The summed E-state index contributed by atoms with van der Waals surface area (Å²) in [5.41, 5.74) is 0. The van der Waals surface area contributed by atoms with Gasteiger partial charge in [0.2, 0.25) is 0 Å². The van der Waals surface area contributed by atoms with Gasteiger partial charge in [-0.3, -0.25) is 0 Å². The van der Waals surface area contributed by atoms with E-state index < -0.39 is 0 Å². The molecule has 0 amide bonds. The van der Waals surface area contributed by atoms with Crippen molar-refractivity contribution in [2.45, 2.75) is 92.9 Å². The highest BCUT2D eigenvalue weighted by Gasteiger charge is 2.09. The van der Waals surface area contributed by atoms with Crippen LogP contribution < -0.4 is 0 Å². The predicted molar refractivity (Wildman–Crippen MR) is 123 cm³/mol. The lowest BCUT2D eigenvalue weighted by atomic mass is 9.99. The summed E-state index contributed by atoms with van der Waals surface area (Å²) in [5.74, 6) is 1.58. The second-order valence-electron chi connectivity index (χ2n) is 6.63. The normalized spacial score (nSPS) is 11.4. The van der Waals surface area contributed by atoms with Gasteiger partial charge in [-0.1, -0.05) is 78.4 Å². The van der Waals surface area contributed by atoms with Gasteiger partial charge in [0.05, 0.1) is 13.2 Å². The van der Waals surface area contributed by atoms with Crippen LogP contribution in [-0.2, 0) is 4.74 Å². The first-order chi connectivity index (χ1) is 13.0. The van der Waals surface area contributed by atoms with Gasteiger partial charge in [0, 0.05) is 13.2 Å². The zero-order chi connectivity index (χ0) is 21.8. The molecule has 2 atom stereocenters. The highest BCUT2D eigenvalue weighted by atomic mass is 16.5. The van der Waals surface area contributed by atoms with Crippen molar-refractivity contribution >= 4 is 0 Å². The molecule has 0 spiro atoms. The SMILES string of the molecule is C=CC.C=CC.CCCCC(CC)COCC(CC)CCCC.OCCO. The lowest BCUT2D eigenvalue weighted by Crippen LogP contribution is -2.14. The lowest BCUT2D eigenvalue weighted by molar-refractivity contribution is 0.0630. The third-order valence-corrected chi connectivity index (χ3v) is 3.89. The second-order valence-corrected chi connectivity index (χ2v) is 6.63. The molecular formula is C24H52O3. The van der Waals surface area contributed by atoms with E-state index in [0.29, 0.717) is 0 Å². The summed E-state index contributed by atoms with van der Waals surface area (Å²) < 4.78 is 5.93. The van der Waals surface area contributed by atoms with Crippen LogP contribution in [0, 0.1) is 11.8 Å². The average molecular weight is 389 g/mol. The smallest absolute Gasteiger partial charge is 0.0662 e. The van der Waals surface area contributed by atoms with Crippen molar-refractivity contribution in [3.05, 3.63) is 25.3 Å². The molecule has 0 rings (SSSR count). The molecule has 3 heteroatoms. The van der Waals surface area contributed by atoms with Crippen molar-refractivity contribution in [1.29, 1.82) is 0 Å². The summed E-state index contributed by atoms with van der Waals surface area (Å²) in [7, 11) is 0. The Kier molecular flexibility index (Phi) is 45.6. The van der Waals surface area contributed by atoms with Crippen LogP contribution in [0.1, 0.15) is 92.9 Å². The van der Waals surface area contributed by atoms with Gasteiger partial charge in [0.15, 0.2) is 0 Å². The van der Waals surface area contributed by atoms with Crippen LogP contribution in [0.5, 0.6) is 0 Å². The fourth-order valence-electron chi connectivity index (χ4n) is 2.20. The first kappa shape index (κ1) is 33.9. The third kappa shape index (κ3) is 41.1. The van der Waals surface area contributed by atoms with Crippen LogP contribution in [0.15, 0.2) is 25.3 Å². The molecule has 166 valence electrons. The van der Waals surface area contributed by atoms with Gasteiger partial charge < -0.3 is 14.9 Å². The molecule has 0 aromatic rings. The fraction of sp³-hybridized carbons (Fsp3) is 0.833. The Morgan fingerprint density at radius 2 is 1.04 bits per heavy atom. The largest absolute Gasteiger partial charge is 0.394 e. The zero-order valence-corrected chi connectivity index (χ0v) is 19.5. The molecule has 0 fully saturated rings. The summed E-state index contributed by atoms with van der Waals surface area (Å²) in [4.78, 5) is 0. The Morgan fingerprint density at radius 3 is 1.22 bits per heavy atom. The van der Waals surface area contributed by atoms with E-state index in [1.807, 2.05) is 13.8 Å². The first-order valence-corrected chi connectivity index (χ1v) is 11.0. The van der Waals surface area contributed by atoms with Crippen LogP contribution in [-0.4, -0.2) is 36.6 Å². The highest BCUT2D eigenvalue weighted by molar-refractivity contribution is 4.59. The van der Waals surface area contributed by atoms with E-state index >= 15 is 0 Å². The maximum Gasteiger partial charge on any atom is 0.0662 e. The van der Waals surface area contributed by atoms with Gasteiger partial charge in [-0.25, -0.2) is 0 Å². The Bertz CT molecular complexity index is 218. The maximum absolute atomic E-state index is 7.62. The van der Waals surface area contributed by atoms with E-state index in [4.69, 9.17) is 14.9 Å². The van der Waals surface area contributed by atoms with Gasteiger partial charge in [0.25, 0.3) is 0 Å². The molecule has 0 aliphatic rings. The fourth-order valence-corrected chi connectivity index (χ4v) is 2.20. The predicted octanol–water partition coefficient (Wildman–Crippen LogP) is 6.79. The molecule has 0 bridgehead atoms. The minimum Gasteiger partial charge on any atom is -0.394 e. The Hall–Kier alpha value is -0.640. The van der Waals surface area contributed by atoms with Crippen molar-refractivity contribution in [2.75, 3.05) is 26.4 Å². The van der Waals surface area contributed by atoms with Gasteiger partial charge in [-0.15, -0.1) is 13.2 Å². The number of aliphatic hydroxyl groups excluding tert-OH is 2. The molecule has 0 saturated heterocycles. The standard InChI is InChI=1S/C16H34O.2C3H6.C2H6O2/c1-5-9-11-15(7-3)13-17-14-16(8-4)12-10-6-2;2*1-3-2;3-1-2-4/h15-16H,5-14H2,1-4H3;2*3H,1H2,2H3;3-4H,1-2H2. The molecule has 0 aliphatic heterocycles. The van der Waals surface area contributed by atoms with Crippen molar-refractivity contribution < 1.29 is 14.9 Å². The molecule has 0 aliphatic carbocycles. The number of allylic oxidation sites excluding steroid dienone is 2. The van der Waals surface area contributed by atoms with Gasteiger partial charge in [-0.2, -0.15) is 0 Å². The minimum atomic E-state index is -0.125. The van der Waals surface area contributed by atoms with Crippen molar-refractivity contribution in [3.8, 4) is 0 Å². The van der Waals surface area contributed by atoms with Gasteiger partial charge in [-0.05, 0) is 38.5 Å². The topological polar surface area (TPSA) is 49.7 Å². The van der Waals surface area contributed by atoms with Gasteiger partial charge >= 0.3 is 0 Å². The molecule has 2 N–H and O–H groups in total. The van der Waals surface area contributed by atoms with Crippen LogP contribution in [0.3, 0.4) is 0 Å². The van der Waals surface area contributed by atoms with E-state index in [1.165, 1.54) is 51.4 Å². The van der Waals surface area contributed by atoms with Crippen molar-refractivity contribution in [1.82, 2.24) is 0 Å². The number of hydrogen-bond acceptors (Lipinski definition) is 3. The van der Waals surface area contributed by atoms with Crippen molar-refractivity contribution in [3.63, 3.8) is 0 Å². The highest BCUT2D eigenvalue weighted by Crippen LogP contribution is 2.16. The first-order valence-electron chi connectivity index (χ1n) is 11.0. The molecule has 0 aromatic heterocycles. The molecule has 0 heterocycles. The minimum absolute atomic E-state index is 0.125. The molecule has 0 aromatic carbocycles. The number of hydrogen-bond donors (Lipinski definition) is 2. The van der Waals surface area contributed by atoms with E-state index in [2.05, 4.69) is 40.9 Å². The molecule has 0 saturated carbocycles. The lowest BCUT2D eigenvalue weighted by Gasteiger charge is -2.18. The number of ether oxygens (including phenoxy) is 1. The van der Waals surface area contributed by atoms with E-state index in [-0.39, 0.29) is 13.2 Å². The van der Waals surface area contributed by atoms with Crippen LogP contribution in [0.2, 0.25) is 0 Å². The van der Waals surface area contributed by atoms with Gasteiger partial charge in [0.1, 0.15) is 0 Å². The summed E-state index contributed by atoms with van der Waals surface area (Å²) in [5, 5.41) is 15.2. The molecule has 27 heavy (non-hydrogen) atoms. The van der Waals surface area contributed by atoms with Crippen LogP contribution >= 0.6 is 0 Å².